The molecule has 3 aliphatic heterocycles. The smallest absolute Gasteiger partial charge is 0.257 e. The van der Waals surface area contributed by atoms with Crippen LogP contribution in [0.5, 0.6) is 0 Å². The second-order valence-corrected chi connectivity index (χ2v) is 11.1. The highest BCUT2D eigenvalue weighted by Crippen LogP contribution is 2.42. The van der Waals surface area contributed by atoms with E-state index in [0.717, 1.165) is 49.7 Å². The van der Waals surface area contributed by atoms with E-state index in [2.05, 4.69) is 43.8 Å². The highest BCUT2D eigenvalue weighted by molar-refractivity contribution is 8.15. The fourth-order valence-corrected chi connectivity index (χ4v) is 6.64. The third-order valence-corrected chi connectivity index (χ3v) is 8.47. The van der Waals surface area contributed by atoms with E-state index in [1.54, 1.807) is 6.07 Å². The summed E-state index contributed by atoms with van der Waals surface area (Å²) in [7, 11) is -3.38. The van der Waals surface area contributed by atoms with Crippen LogP contribution < -0.4 is 15.1 Å². The van der Waals surface area contributed by atoms with Gasteiger partial charge in [0.15, 0.2) is 5.17 Å². The number of para-hydroxylation sites is 1. The van der Waals surface area contributed by atoms with E-state index in [4.69, 9.17) is 0 Å². The van der Waals surface area contributed by atoms with Gasteiger partial charge in [-0.15, -0.1) is 4.40 Å². The summed E-state index contributed by atoms with van der Waals surface area (Å²) in [6, 6.07) is 16.0. The first-order valence-electron chi connectivity index (χ1n) is 11.2. The van der Waals surface area contributed by atoms with Gasteiger partial charge in [0.05, 0.1) is 11.4 Å². The molecule has 10 heteroatoms. The zero-order valence-corrected chi connectivity index (χ0v) is 19.9. The van der Waals surface area contributed by atoms with E-state index in [0.29, 0.717) is 23.8 Å². The van der Waals surface area contributed by atoms with Gasteiger partial charge in [0.25, 0.3) is 15.9 Å². The lowest BCUT2D eigenvalue weighted by molar-refractivity contribution is 0.0951. The van der Waals surface area contributed by atoms with Crippen LogP contribution in [0, 0.1) is 0 Å². The SMILES string of the molecule is O=C(NCCCN1CCN(c2ccccc2)CC1)c1ccc2c(c1)SC1=NS(=O)(=O)CCN12. The molecule has 0 atom stereocenters. The van der Waals surface area contributed by atoms with Gasteiger partial charge in [-0.25, -0.2) is 8.42 Å². The van der Waals surface area contributed by atoms with Gasteiger partial charge in [-0.05, 0) is 55.1 Å². The summed E-state index contributed by atoms with van der Waals surface area (Å²) in [5, 5.41) is 3.49. The van der Waals surface area contributed by atoms with Crippen molar-refractivity contribution in [2.24, 2.45) is 4.40 Å². The Kier molecular flexibility index (Phi) is 6.31. The van der Waals surface area contributed by atoms with Gasteiger partial charge in [0.2, 0.25) is 0 Å². The number of carbonyl (C=O) groups is 1. The van der Waals surface area contributed by atoms with Crippen LogP contribution in [0.2, 0.25) is 0 Å². The molecule has 0 radical (unpaired) electrons. The van der Waals surface area contributed by atoms with Crippen LogP contribution in [-0.2, 0) is 10.0 Å². The molecule has 1 saturated heterocycles. The Morgan fingerprint density at radius 2 is 1.82 bits per heavy atom. The predicted octanol–water partition coefficient (Wildman–Crippen LogP) is 2.24. The van der Waals surface area contributed by atoms with E-state index in [9.17, 15) is 13.2 Å². The van der Waals surface area contributed by atoms with Crippen LogP contribution in [-0.4, -0.2) is 76.0 Å². The van der Waals surface area contributed by atoms with Crippen molar-refractivity contribution in [3.8, 4) is 0 Å². The molecule has 2 aromatic rings. The Labute approximate surface area is 198 Å². The van der Waals surface area contributed by atoms with Crippen molar-refractivity contribution in [3.05, 3.63) is 54.1 Å². The minimum absolute atomic E-state index is 0.0139. The maximum Gasteiger partial charge on any atom is 0.257 e. The molecule has 0 saturated carbocycles. The number of amidine groups is 1. The number of hydrogen-bond acceptors (Lipinski definition) is 7. The standard InChI is InChI=1S/C23H27N5O3S2/c29-22(18-7-8-20-21(17-18)32-23-25-33(30,31)16-15-28(20)23)24-9-4-10-26-11-13-27(14-12-26)19-5-2-1-3-6-19/h1-3,5-8,17H,4,9-16H2,(H,24,29). The molecule has 0 aromatic heterocycles. The topological polar surface area (TPSA) is 85.3 Å². The molecule has 0 bridgehead atoms. The number of thioether (sulfide) groups is 1. The van der Waals surface area contributed by atoms with E-state index in [-0.39, 0.29) is 11.7 Å². The Morgan fingerprint density at radius 3 is 2.61 bits per heavy atom. The lowest BCUT2D eigenvalue weighted by Crippen LogP contribution is -2.47. The molecule has 174 valence electrons. The molecule has 1 fully saturated rings. The van der Waals surface area contributed by atoms with Gasteiger partial charge < -0.3 is 15.1 Å². The van der Waals surface area contributed by atoms with Crippen molar-refractivity contribution in [1.29, 1.82) is 0 Å². The van der Waals surface area contributed by atoms with Gasteiger partial charge in [-0.1, -0.05) is 18.2 Å². The molecule has 8 nitrogen and oxygen atoms in total. The summed E-state index contributed by atoms with van der Waals surface area (Å²) in [6.45, 7) is 6.08. The first-order chi connectivity index (χ1) is 16.0. The number of piperazine rings is 1. The zero-order chi connectivity index (χ0) is 22.8. The van der Waals surface area contributed by atoms with Crippen LogP contribution in [0.15, 0.2) is 57.8 Å². The molecular formula is C23H27N5O3S2. The minimum Gasteiger partial charge on any atom is -0.369 e. The van der Waals surface area contributed by atoms with E-state index < -0.39 is 10.0 Å². The zero-order valence-electron chi connectivity index (χ0n) is 18.3. The normalized spacial score (nSPS) is 19.6. The lowest BCUT2D eigenvalue weighted by Gasteiger charge is -2.36. The van der Waals surface area contributed by atoms with Crippen molar-refractivity contribution in [2.75, 3.05) is 61.4 Å². The highest BCUT2D eigenvalue weighted by Gasteiger charge is 2.33. The number of anilines is 2. The quantitative estimate of drug-likeness (QED) is 0.628. The number of fused-ring (bicyclic) bond motifs is 3. The number of amides is 1. The summed E-state index contributed by atoms with van der Waals surface area (Å²) < 4.78 is 27.4. The number of sulfonamides is 1. The summed E-state index contributed by atoms with van der Waals surface area (Å²) in [5.74, 6) is -0.0909. The molecule has 33 heavy (non-hydrogen) atoms. The summed E-state index contributed by atoms with van der Waals surface area (Å²) in [6.07, 6.45) is 0.902. The Bertz CT molecular complexity index is 1160. The summed E-state index contributed by atoms with van der Waals surface area (Å²) in [5.41, 5.74) is 2.78. The average molecular weight is 486 g/mol. The maximum absolute atomic E-state index is 12.6. The summed E-state index contributed by atoms with van der Waals surface area (Å²) >= 11 is 1.31. The molecule has 2 aromatic carbocycles. The molecule has 3 aliphatic rings. The molecule has 3 heterocycles. The van der Waals surface area contributed by atoms with Crippen molar-refractivity contribution < 1.29 is 13.2 Å². The van der Waals surface area contributed by atoms with Crippen molar-refractivity contribution >= 4 is 44.2 Å². The van der Waals surface area contributed by atoms with Crippen LogP contribution in [0.4, 0.5) is 11.4 Å². The number of carbonyl (C=O) groups excluding carboxylic acids is 1. The van der Waals surface area contributed by atoms with Gasteiger partial charge in [0, 0.05) is 55.4 Å². The number of rotatable bonds is 6. The molecule has 1 N–H and O–H groups in total. The first-order valence-corrected chi connectivity index (χ1v) is 13.6. The second kappa shape index (κ2) is 9.36. The second-order valence-electron chi connectivity index (χ2n) is 8.37. The average Bonchev–Trinajstić information content (AvgIpc) is 3.18. The van der Waals surface area contributed by atoms with Crippen LogP contribution in [0.3, 0.4) is 0 Å². The largest absolute Gasteiger partial charge is 0.369 e. The van der Waals surface area contributed by atoms with E-state index in [1.165, 1.54) is 17.4 Å². The number of nitrogens with one attached hydrogen (secondary N) is 1. The van der Waals surface area contributed by atoms with E-state index in [1.807, 2.05) is 23.1 Å². The van der Waals surface area contributed by atoms with Crippen LogP contribution in [0.25, 0.3) is 0 Å². The predicted molar refractivity (Wildman–Crippen MR) is 133 cm³/mol. The highest BCUT2D eigenvalue weighted by atomic mass is 32.2. The van der Waals surface area contributed by atoms with Crippen molar-refractivity contribution in [2.45, 2.75) is 11.3 Å². The molecule has 0 spiro atoms. The van der Waals surface area contributed by atoms with Gasteiger partial charge >= 0.3 is 0 Å². The van der Waals surface area contributed by atoms with Crippen molar-refractivity contribution in [1.82, 2.24) is 10.2 Å². The van der Waals surface area contributed by atoms with Crippen LogP contribution in [0.1, 0.15) is 16.8 Å². The Morgan fingerprint density at radius 1 is 1.03 bits per heavy atom. The fraction of sp³-hybridized carbons (Fsp3) is 0.391. The van der Waals surface area contributed by atoms with Gasteiger partial charge in [0.1, 0.15) is 0 Å². The monoisotopic (exact) mass is 485 g/mol. The lowest BCUT2D eigenvalue weighted by atomic mass is 10.2. The number of nitrogens with zero attached hydrogens (tertiary/aromatic N) is 4. The first kappa shape index (κ1) is 22.2. The molecule has 1 amide bonds. The molecule has 0 aliphatic carbocycles. The summed E-state index contributed by atoms with van der Waals surface area (Å²) in [4.78, 5) is 20.3. The third kappa shape index (κ3) is 5.02. The van der Waals surface area contributed by atoms with E-state index >= 15 is 0 Å². The van der Waals surface area contributed by atoms with Gasteiger partial charge in [-0.2, -0.15) is 0 Å². The third-order valence-electron chi connectivity index (χ3n) is 6.17. The fourth-order valence-electron chi connectivity index (χ4n) is 4.35. The molecular weight excluding hydrogens is 458 g/mol. The van der Waals surface area contributed by atoms with Crippen molar-refractivity contribution in [3.63, 3.8) is 0 Å². The number of benzene rings is 2. The van der Waals surface area contributed by atoms with Crippen LogP contribution >= 0.6 is 11.8 Å². The van der Waals surface area contributed by atoms with Gasteiger partial charge in [-0.3, -0.25) is 9.69 Å². The molecule has 5 rings (SSSR count). The molecule has 0 unspecified atom stereocenters. The Hall–Kier alpha value is -2.56. The Balaban J connectivity index is 1.08. The minimum atomic E-state index is -3.38. The number of hydrogen-bond donors (Lipinski definition) is 1. The maximum atomic E-state index is 12.6.